The molecule has 0 spiro atoms. The molecule has 0 aliphatic carbocycles. The van der Waals surface area contributed by atoms with Crippen molar-refractivity contribution >= 4 is 29.1 Å². The highest BCUT2D eigenvalue weighted by molar-refractivity contribution is 7.13. The summed E-state index contributed by atoms with van der Waals surface area (Å²) in [5, 5.41) is 16.1. The first-order chi connectivity index (χ1) is 19.0. The van der Waals surface area contributed by atoms with Gasteiger partial charge >= 0.3 is 0 Å². The van der Waals surface area contributed by atoms with E-state index in [4.69, 9.17) is 15.2 Å². The molecular formula is C28H41N5O6S. The smallest absolute Gasteiger partial charge is 0.246 e. The van der Waals surface area contributed by atoms with E-state index in [1.807, 2.05) is 57.5 Å². The maximum Gasteiger partial charge on any atom is 0.246 e. The van der Waals surface area contributed by atoms with Crippen LogP contribution in [0.2, 0.25) is 0 Å². The molecule has 0 unspecified atom stereocenters. The Morgan fingerprint density at radius 2 is 1.88 bits per heavy atom. The first kappa shape index (κ1) is 31.6. The molecule has 1 aromatic heterocycles. The van der Waals surface area contributed by atoms with E-state index in [1.165, 1.54) is 4.90 Å². The van der Waals surface area contributed by atoms with Gasteiger partial charge in [0, 0.05) is 25.9 Å². The van der Waals surface area contributed by atoms with Crippen LogP contribution in [0.5, 0.6) is 0 Å². The molecule has 1 fully saturated rings. The first-order valence-electron chi connectivity index (χ1n) is 13.4. The lowest BCUT2D eigenvalue weighted by molar-refractivity contribution is -0.144. The van der Waals surface area contributed by atoms with Crippen LogP contribution >= 0.6 is 11.3 Å². The average molecular weight is 576 g/mol. The minimum Gasteiger partial charge on any atom is -0.391 e. The van der Waals surface area contributed by atoms with Gasteiger partial charge in [0.15, 0.2) is 0 Å². The summed E-state index contributed by atoms with van der Waals surface area (Å²) in [4.78, 5) is 46.2. The standard InChI is InChI=1S/C28H41N5O6S/c1-18-24(40-17-31-18)20-7-5-19(6-8-20)14-30-26(36)22-13-21(34)15-33(22)27(37)25(28(2,3)4)32-23(35)9-10-38-11-12-39-16-29/h5-8,17,21-22,25,34H,9-16,29H2,1-4H3,(H,30,36)(H,32,35)/t21-,22+,25-/m1/s1. The van der Waals surface area contributed by atoms with E-state index in [-0.39, 0.29) is 51.1 Å². The van der Waals surface area contributed by atoms with E-state index >= 15 is 0 Å². The zero-order valence-corrected chi connectivity index (χ0v) is 24.5. The molecule has 3 amide bonds. The number of nitrogens with zero attached hydrogens (tertiary/aromatic N) is 2. The molecule has 1 saturated heterocycles. The molecule has 2 heterocycles. The Labute approximate surface area is 239 Å². The molecule has 1 aliphatic rings. The topological polar surface area (TPSA) is 156 Å². The third-order valence-electron chi connectivity index (χ3n) is 6.67. The van der Waals surface area contributed by atoms with Gasteiger partial charge in [0.1, 0.15) is 12.1 Å². The summed E-state index contributed by atoms with van der Waals surface area (Å²) in [6.07, 6.45) is -0.636. The van der Waals surface area contributed by atoms with Crippen molar-refractivity contribution in [2.45, 2.75) is 65.3 Å². The number of hydrogen-bond acceptors (Lipinski definition) is 9. The fraction of sp³-hybridized carbons (Fsp3) is 0.571. The minimum atomic E-state index is -0.885. The molecule has 40 heavy (non-hydrogen) atoms. The molecule has 0 saturated carbocycles. The van der Waals surface area contributed by atoms with Crippen LogP contribution in [-0.4, -0.2) is 84.0 Å². The molecule has 5 N–H and O–H groups in total. The number of aliphatic hydroxyl groups excluding tert-OH is 1. The van der Waals surface area contributed by atoms with Crippen molar-refractivity contribution in [2.24, 2.45) is 11.1 Å². The van der Waals surface area contributed by atoms with Gasteiger partial charge in [-0.1, -0.05) is 45.0 Å². The number of ether oxygens (including phenoxy) is 2. The molecule has 11 nitrogen and oxygen atoms in total. The predicted molar refractivity (Wildman–Crippen MR) is 152 cm³/mol. The van der Waals surface area contributed by atoms with Crippen molar-refractivity contribution < 1.29 is 29.0 Å². The molecule has 0 bridgehead atoms. The number of thiazole rings is 1. The highest BCUT2D eigenvalue weighted by atomic mass is 32.1. The van der Waals surface area contributed by atoms with Gasteiger partial charge in [-0.05, 0) is 23.5 Å². The number of carbonyl (C=O) groups is 3. The van der Waals surface area contributed by atoms with Crippen LogP contribution in [0.15, 0.2) is 29.8 Å². The molecule has 220 valence electrons. The van der Waals surface area contributed by atoms with Crippen LogP contribution < -0.4 is 16.4 Å². The predicted octanol–water partition coefficient (Wildman–Crippen LogP) is 1.57. The lowest BCUT2D eigenvalue weighted by atomic mass is 9.85. The van der Waals surface area contributed by atoms with Crippen LogP contribution in [0.1, 0.15) is 44.9 Å². The van der Waals surface area contributed by atoms with Crippen LogP contribution in [-0.2, 0) is 30.4 Å². The Morgan fingerprint density at radius 1 is 1.18 bits per heavy atom. The third kappa shape index (κ3) is 8.80. The molecule has 1 aromatic carbocycles. The van der Waals surface area contributed by atoms with Crippen LogP contribution in [0.4, 0.5) is 0 Å². The normalized spacial score (nSPS) is 18.0. The van der Waals surface area contributed by atoms with Crippen molar-refractivity contribution in [1.82, 2.24) is 20.5 Å². The van der Waals surface area contributed by atoms with E-state index in [0.29, 0.717) is 13.2 Å². The molecule has 0 radical (unpaired) electrons. The Balaban J connectivity index is 1.59. The number of β-amino-alcohol motifs (C(OH)–C–C–N with tert-alkyl or cyclic N) is 1. The number of rotatable bonds is 13. The Hall–Kier alpha value is -2.90. The molecule has 1 aliphatic heterocycles. The number of amides is 3. The van der Waals surface area contributed by atoms with E-state index in [0.717, 1.165) is 21.7 Å². The lowest BCUT2D eigenvalue weighted by Crippen LogP contribution is -2.57. The number of aryl methyl sites for hydroxylation is 1. The molecule has 12 heteroatoms. The summed E-state index contributed by atoms with van der Waals surface area (Å²) in [5.41, 5.74) is 9.38. The van der Waals surface area contributed by atoms with Crippen LogP contribution in [0, 0.1) is 12.3 Å². The second-order valence-corrected chi connectivity index (χ2v) is 11.7. The number of carbonyl (C=O) groups excluding carboxylic acids is 3. The third-order valence-corrected chi connectivity index (χ3v) is 7.65. The first-order valence-corrected chi connectivity index (χ1v) is 14.3. The Kier molecular flexibility index (Phi) is 11.6. The second-order valence-electron chi connectivity index (χ2n) is 10.9. The van der Waals surface area contributed by atoms with Crippen molar-refractivity contribution in [3.8, 4) is 10.4 Å². The zero-order valence-electron chi connectivity index (χ0n) is 23.6. The number of benzene rings is 1. The van der Waals surface area contributed by atoms with Gasteiger partial charge in [-0.2, -0.15) is 0 Å². The van der Waals surface area contributed by atoms with Crippen LogP contribution in [0.25, 0.3) is 10.4 Å². The highest BCUT2D eigenvalue weighted by Gasteiger charge is 2.44. The van der Waals surface area contributed by atoms with E-state index in [9.17, 15) is 19.5 Å². The summed E-state index contributed by atoms with van der Waals surface area (Å²) in [5.74, 6) is -1.09. The summed E-state index contributed by atoms with van der Waals surface area (Å²) in [6.45, 7) is 8.71. The maximum absolute atomic E-state index is 13.6. The maximum atomic E-state index is 13.6. The monoisotopic (exact) mass is 575 g/mol. The molecular weight excluding hydrogens is 534 g/mol. The summed E-state index contributed by atoms with van der Waals surface area (Å²) in [7, 11) is 0. The fourth-order valence-corrected chi connectivity index (χ4v) is 5.29. The summed E-state index contributed by atoms with van der Waals surface area (Å²) >= 11 is 1.58. The summed E-state index contributed by atoms with van der Waals surface area (Å²) in [6, 6.07) is 6.15. The van der Waals surface area contributed by atoms with Gasteiger partial charge in [0.2, 0.25) is 17.7 Å². The minimum absolute atomic E-state index is 0.0204. The van der Waals surface area contributed by atoms with Gasteiger partial charge in [0.05, 0.1) is 48.7 Å². The largest absolute Gasteiger partial charge is 0.391 e. The van der Waals surface area contributed by atoms with Gasteiger partial charge < -0.3 is 35.8 Å². The van der Waals surface area contributed by atoms with E-state index in [1.54, 1.807) is 11.3 Å². The van der Waals surface area contributed by atoms with E-state index < -0.39 is 29.5 Å². The van der Waals surface area contributed by atoms with Crippen molar-refractivity contribution in [1.29, 1.82) is 0 Å². The SMILES string of the molecule is Cc1ncsc1-c1ccc(CNC(=O)[C@@H]2C[C@@H](O)CN2C(=O)[C@@H](NC(=O)CCOCCOCN)C(C)(C)C)cc1. The number of aliphatic hydroxyl groups is 1. The van der Waals surface area contributed by atoms with Crippen molar-refractivity contribution in [2.75, 3.05) is 33.1 Å². The number of nitrogens with two attached hydrogens (primary N) is 1. The van der Waals surface area contributed by atoms with Crippen molar-refractivity contribution in [3.05, 3.63) is 41.0 Å². The van der Waals surface area contributed by atoms with E-state index in [2.05, 4.69) is 15.6 Å². The van der Waals surface area contributed by atoms with Gasteiger partial charge in [-0.25, -0.2) is 4.98 Å². The quantitative estimate of drug-likeness (QED) is 0.207. The number of nitrogens with one attached hydrogen (secondary N) is 2. The van der Waals surface area contributed by atoms with Crippen LogP contribution in [0.3, 0.4) is 0 Å². The molecule has 3 rings (SSSR count). The zero-order chi connectivity index (χ0) is 29.3. The van der Waals surface area contributed by atoms with Gasteiger partial charge in [0.25, 0.3) is 0 Å². The Morgan fingerprint density at radius 3 is 2.50 bits per heavy atom. The fourth-order valence-electron chi connectivity index (χ4n) is 4.48. The number of aromatic nitrogens is 1. The highest BCUT2D eigenvalue weighted by Crippen LogP contribution is 2.28. The lowest BCUT2D eigenvalue weighted by Gasteiger charge is -2.35. The Bertz CT molecular complexity index is 1130. The molecule has 3 atom stereocenters. The average Bonchev–Trinajstić information content (AvgIpc) is 3.52. The van der Waals surface area contributed by atoms with Crippen molar-refractivity contribution in [3.63, 3.8) is 0 Å². The van der Waals surface area contributed by atoms with Gasteiger partial charge in [-0.3, -0.25) is 14.4 Å². The number of hydrogen-bond donors (Lipinski definition) is 4. The second kappa shape index (κ2) is 14.6. The van der Waals surface area contributed by atoms with Gasteiger partial charge in [-0.15, -0.1) is 11.3 Å². The number of likely N-dealkylation sites (tertiary alicyclic amines) is 1. The molecule has 2 aromatic rings. The summed E-state index contributed by atoms with van der Waals surface area (Å²) < 4.78 is 10.4.